The van der Waals surface area contributed by atoms with Gasteiger partial charge in [-0.3, -0.25) is 4.79 Å². The van der Waals surface area contributed by atoms with Crippen molar-refractivity contribution in [2.45, 2.75) is 25.2 Å². The summed E-state index contributed by atoms with van der Waals surface area (Å²) in [6.45, 7) is 4.22. The molecular weight excluding hydrogens is 328 g/mol. The van der Waals surface area contributed by atoms with E-state index in [2.05, 4.69) is 5.32 Å². The van der Waals surface area contributed by atoms with E-state index in [1.54, 1.807) is 0 Å². The summed E-state index contributed by atoms with van der Waals surface area (Å²) in [6, 6.07) is 1.93. The highest BCUT2D eigenvalue weighted by Crippen LogP contribution is 2.26. The fraction of sp³-hybridized carbons (Fsp3) is 0.417. The maximum atomic E-state index is 14.0. The van der Waals surface area contributed by atoms with Crippen LogP contribution in [0, 0.1) is 11.7 Å². The fourth-order valence-electron chi connectivity index (χ4n) is 1.41. The van der Waals surface area contributed by atoms with Gasteiger partial charge in [-0.15, -0.1) is 0 Å². The third kappa shape index (κ3) is 4.33. The van der Waals surface area contributed by atoms with E-state index in [-0.39, 0.29) is 10.9 Å². The molecule has 1 N–H and O–H groups in total. The molecule has 0 aliphatic heterocycles. The minimum Gasteiger partial charge on any atom is -0.352 e. The summed E-state index contributed by atoms with van der Waals surface area (Å²) in [5.74, 6) is -1.71. The van der Waals surface area contributed by atoms with E-state index >= 15 is 0 Å². The van der Waals surface area contributed by atoms with E-state index in [0.717, 1.165) is 18.6 Å². The average molecular weight is 342 g/mol. The highest BCUT2D eigenvalue weighted by atomic mass is 35.7. The van der Waals surface area contributed by atoms with Crippen LogP contribution in [-0.4, -0.2) is 20.9 Å². The zero-order valence-electron chi connectivity index (χ0n) is 10.9. The van der Waals surface area contributed by atoms with Crippen molar-refractivity contribution in [3.63, 3.8) is 0 Å². The lowest BCUT2D eigenvalue weighted by molar-refractivity contribution is 0.0943. The molecule has 0 bridgehead atoms. The van der Waals surface area contributed by atoms with E-state index in [0.29, 0.717) is 6.54 Å². The van der Waals surface area contributed by atoms with Crippen molar-refractivity contribution in [2.75, 3.05) is 6.54 Å². The van der Waals surface area contributed by atoms with Crippen LogP contribution in [0.5, 0.6) is 0 Å². The second kappa shape index (κ2) is 6.74. The largest absolute Gasteiger partial charge is 0.352 e. The van der Waals surface area contributed by atoms with Crippen LogP contribution < -0.4 is 5.32 Å². The number of nitrogens with one attached hydrogen (secondary N) is 1. The van der Waals surface area contributed by atoms with Crippen LogP contribution in [0.3, 0.4) is 0 Å². The molecule has 0 heterocycles. The van der Waals surface area contributed by atoms with Crippen molar-refractivity contribution in [3.8, 4) is 0 Å². The molecule has 0 aliphatic rings. The number of rotatable bonds is 5. The number of halogens is 3. The van der Waals surface area contributed by atoms with Crippen LogP contribution in [0.1, 0.15) is 30.6 Å². The average Bonchev–Trinajstić information content (AvgIpc) is 2.36. The summed E-state index contributed by atoms with van der Waals surface area (Å²) in [4.78, 5) is 11.1. The molecule has 112 valence electrons. The molecule has 0 saturated heterocycles. The summed E-state index contributed by atoms with van der Waals surface area (Å²) in [5, 5.41) is 2.44. The second-order valence-corrected chi connectivity index (χ2v) is 7.40. The number of benzene rings is 1. The van der Waals surface area contributed by atoms with Gasteiger partial charge in [-0.2, -0.15) is 0 Å². The molecule has 0 spiro atoms. The molecule has 1 amide bonds. The predicted molar refractivity (Wildman–Crippen MR) is 76.2 cm³/mol. The van der Waals surface area contributed by atoms with Gasteiger partial charge in [0.1, 0.15) is 4.90 Å². The summed E-state index contributed by atoms with van der Waals surface area (Å²) in [6.07, 6.45) is 0.847. The van der Waals surface area contributed by atoms with Gasteiger partial charge in [0.25, 0.3) is 15.0 Å². The summed E-state index contributed by atoms with van der Waals surface area (Å²) >= 11 is 5.69. The molecule has 1 aromatic carbocycles. The van der Waals surface area contributed by atoms with Gasteiger partial charge in [-0.25, -0.2) is 12.8 Å². The van der Waals surface area contributed by atoms with E-state index in [1.165, 1.54) is 0 Å². The minimum atomic E-state index is -4.32. The highest BCUT2D eigenvalue weighted by Gasteiger charge is 2.23. The van der Waals surface area contributed by atoms with E-state index < -0.39 is 31.2 Å². The summed E-state index contributed by atoms with van der Waals surface area (Å²) < 4.78 is 36.5. The van der Waals surface area contributed by atoms with Crippen molar-refractivity contribution in [1.82, 2.24) is 5.32 Å². The predicted octanol–water partition coefficient (Wildman–Crippen LogP) is 3.18. The maximum absolute atomic E-state index is 14.0. The monoisotopic (exact) mass is 341 g/mol. The van der Waals surface area contributed by atoms with Gasteiger partial charge in [0.05, 0.1) is 5.56 Å². The number of carbonyl (C=O) groups excluding carboxylic acids is 1. The smallest absolute Gasteiger partial charge is 0.264 e. The lowest BCUT2D eigenvalue weighted by Gasteiger charge is -2.11. The summed E-state index contributed by atoms with van der Waals surface area (Å²) in [5.41, 5.74) is -0.444. The molecule has 1 unspecified atom stereocenters. The van der Waals surface area contributed by atoms with E-state index in [9.17, 15) is 17.6 Å². The van der Waals surface area contributed by atoms with Crippen molar-refractivity contribution < 1.29 is 17.6 Å². The third-order valence-electron chi connectivity index (χ3n) is 2.82. The molecule has 0 radical (unpaired) electrons. The first kappa shape index (κ1) is 17.2. The Morgan fingerprint density at radius 1 is 1.45 bits per heavy atom. The molecule has 4 nitrogen and oxygen atoms in total. The van der Waals surface area contributed by atoms with Gasteiger partial charge in [0, 0.05) is 22.2 Å². The molecule has 0 fully saturated rings. The Bertz CT molecular complexity index is 619. The molecule has 0 saturated carbocycles. The minimum absolute atomic E-state index is 0.0840. The number of amides is 1. The highest BCUT2D eigenvalue weighted by molar-refractivity contribution is 8.13. The fourth-order valence-corrected chi connectivity index (χ4v) is 2.62. The zero-order valence-corrected chi connectivity index (χ0v) is 13.2. The van der Waals surface area contributed by atoms with Crippen molar-refractivity contribution in [1.29, 1.82) is 0 Å². The Labute approximate surface area is 126 Å². The number of hydrogen-bond donors (Lipinski definition) is 1. The van der Waals surface area contributed by atoms with Crippen molar-refractivity contribution in [2.24, 2.45) is 5.92 Å². The van der Waals surface area contributed by atoms with Gasteiger partial charge in [0.15, 0.2) is 5.82 Å². The summed E-state index contributed by atoms with van der Waals surface area (Å²) in [7, 11) is 0.789. The third-order valence-corrected chi connectivity index (χ3v) is 4.36. The molecule has 20 heavy (non-hydrogen) atoms. The lowest BCUT2D eigenvalue weighted by Crippen LogP contribution is -2.29. The molecule has 0 aliphatic carbocycles. The molecule has 0 aromatic heterocycles. The zero-order chi connectivity index (χ0) is 15.5. The number of carbonyl (C=O) groups is 1. The molecular formula is C12H14Cl2FNO3S. The van der Waals surface area contributed by atoms with Crippen LogP contribution in [0.2, 0.25) is 5.02 Å². The quantitative estimate of drug-likeness (QED) is 0.836. The van der Waals surface area contributed by atoms with Crippen LogP contribution in [0.15, 0.2) is 17.0 Å². The van der Waals surface area contributed by atoms with Crippen LogP contribution in [-0.2, 0) is 9.05 Å². The molecule has 1 atom stereocenters. The van der Waals surface area contributed by atoms with E-state index in [1.807, 2.05) is 13.8 Å². The van der Waals surface area contributed by atoms with Gasteiger partial charge < -0.3 is 5.32 Å². The topological polar surface area (TPSA) is 63.2 Å². The molecule has 8 heteroatoms. The first-order valence-corrected chi connectivity index (χ1v) is 8.57. The normalized spacial score (nSPS) is 13.1. The SMILES string of the molecule is CCC(C)CNC(=O)c1cc(Cl)cc(S(=O)(=O)Cl)c1F. The Morgan fingerprint density at radius 2 is 2.05 bits per heavy atom. The van der Waals surface area contributed by atoms with Crippen molar-refractivity contribution in [3.05, 3.63) is 28.5 Å². The van der Waals surface area contributed by atoms with Crippen LogP contribution >= 0.6 is 22.3 Å². The first-order chi connectivity index (χ1) is 9.16. The molecule has 1 rings (SSSR count). The van der Waals surface area contributed by atoms with Gasteiger partial charge in [-0.1, -0.05) is 31.9 Å². The Hall–Kier alpha value is -0.850. The van der Waals surface area contributed by atoms with Crippen LogP contribution in [0.25, 0.3) is 0 Å². The first-order valence-electron chi connectivity index (χ1n) is 5.88. The standard InChI is InChI=1S/C12H14Cl2FNO3S/c1-3-7(2)6-16-12(17)9-4-8(13)5-10(11(9)15)20(14,18)19/h4-5,7H,3,6H2,1-2H3,(H,16,17). The van der Waals surface area contributed by atoms with Gasteiger partial charge in [-0.05, 0) is 18.1 Å². The van der Waals surface area contributed by atoms with Crippen molar-refractivity contribution >= 4 is 37.2 Å². The van der Waals surface area contributed by atoms with Gasteiger partial charge >= 0.3 is 0 Å². The second-order valence-electron chi connectivity index (χ2n) is 4.43. The van der Waals surface area contributed by atoms with Crippen LogP contribution in [0.4, 0.5) is 4.39 Å². The Kier molecular flexibility index (Phi) is 5.79. The van der Waals surface area contributed by atoms with Gasteiger partial charge in [0.2, 0.25) is 0 Å². The lowest BCUT2D eigenvalue weighted by atomic mass is 10.1. The Morgan fingerprint density at radius 3 is 2.55 bits per heavy atom. The molecule has 1 aromatic rings. The maximum Gasteiger partial charge on any atom is 0.264 e. The number of hydrogen-bond acceptors (Lipinski definition) is 3. The Balaban J connectivity index is 3.13. The van der Waals surface area contributed by atoms with E-state index in [4.69, 9.17) is 22.3 Å².